The summed E-state index contributed by atoms with van der Waals surface area (Å²) in [6.45, 7) is 4.59. The minimum atomic E-state index is -1.46. The first kappa shape index (κ1) is 48.9. The molecule has 0 heterocycles. The number of Topliss-reactive ketones (excluding diaryl/α,β-unsaturated/α-hetero) is 2. The zero-order chi connectivity index (χ0) is 44.4. The molecule has 20 nitrogen and oxygen atoms in total. The van der Waals surface area contributed by atoms with E-state index >= 15 is 0 Å². The van der Waals surface area contributed by atoms with Crippen LogP contribution in [0.15, 0.2) is 48.5 Å². The van der Waals surface area contributed by atoms with E-state index in [2.05, 4.69) is 36.1 Å². The Morgan fingerprint density at radius 1 is 0.644 bits per heavy atom. The SMILES string of the molecule is COC(=O)CC(N)C(=O)NC(C(=O)NCC(C)=O)C(C)O.COC(=O)CC(NC(=O)OCC1c2ccccc2-c2ccccc21)C(=O)NC(C(=O)NCC(C)=O)C(C)O. The van der Waals surface area contributed by atoms with Gasteiger partial charge in [-0.2, -0.15) is 0 Å². The molecule has 0 radical (unpaired) electrons. The van der Waals surface area contributed by atoms with Crippen LogP contribution in [0, 0.1) is 0 Å². The van der Waals surface area contributed by atoms with E-state index in [0.717, 1.165) is 36.5 Å². The zero-order valence-corrected chi connectivity index (χ0v) is 33.6. The summed E-state index contributed by atoms with van der Waals surface area (Å²) < 4.78 is 14.4. The maximum absolute atomic E-state index is 12.9. The molecule has 2 aromatic rings. The van der Waals surface area contributed by atoms with Gasteiger partial charge in [0.1, 0.15) is 36.3 Å². The van der Waals surface area contributed by atoms with Gasteiger partial charge in [0, 0.05) is 5.92 Å². The molecule has 0 aromatic heterocycles. The van der Waals surface area contributed by atoms with Crippen LogP contribution in [-0.4, -0.2) is 134 Å². The molecule has 6 unspecified atom stereocenters. The molecule has 0 saturated heterocycles. The third-order valence-electron chi connectivity index (χ3n) is 8.65. The number of aliphatic hydroxyl groups is 2. The minimum absolute atomic E-state index is 0.0177. The van der Waals surface area contributed by atoms with Gasteiger partial charge in [-0.3, -0.25) is 38.4 Å². The molecule has 59 heavy (non-hydrogen) atoms. The van der Waals surface area contributed by atoms with E-state index in [9.17, 15) is 53.4 Å². The van der Waals surface area contributed by atoms with Gasteiger partial charge in [0.15, 0.2) is 0 Å². The topological polar surface area (TPSA) is 308 Å². The van der Waals surface area contributed by atoms with Crippen molar-refractivity contribution in [2.75, 3.05) is 33.9 Å². The fraction of sp³-hybridized carbons (Fsp3) is 0.462. The highest BCUT2D eigenvalue weighted by atomic mass is 16.6. The van der Waals surface area contributed by atoms with E-state index in [0.29, 0.717) is 0 Å². The number of nitrogens with one attached hydrogen (secondary N) is 5. The molecule has 0 bridgehead atoms. The molecule has 0 fully saturated rings. The molecular weight excluding hydrogens is 776 g/mol. The van der Waals surface area contributed by atoms with E-state index in [-0.39, 0.29) is 43.6 Å². The van der Waals surface area contributed by atoms with Gasteiger partial charge in [0.2, 0.25) is 23.6 Å². The number of esters is 2. The molecule has 6 atom stereocenters. The largest absolute Gasteiger partial charge is 0.469 e. The van der Waals surface area contributed by atoms with E-state index in [4.69, 9.17) is 10.5 Å². The molecule has 9 N–H and O–H groups in total. The standard InChI is InChI=1S/C27H31N3O8.C12H21N3O6/c1-15(31)13-28-26(35)24(16(2)32)30-25(34)22(12-23(33)37-3)29-27(36)38-14-21-19-10-6-4-8-17(19)18-9-5-7-11-20(18)21;1-6(16)5-14-12(20)10(7(2)17)15-11(19)8(13)4-9(18)21-3/h4-11,16,21-22,24,32H,12-14H2,1-3H3,(H,28,35)(H,29,36)(H,30,34);7-8,10,17H,4-5,13H2,1-3H3,(H,14,20)(H,15,19). The summed E-state index contributed by atoms with van der Waals surface area (Å²) in [7, 11) is 2.28. The maximum Gasteiger partial charge on any atom is 0.407 e. The molecule has 2 aromatic carbocycles. The van der Waals surface area contributed by atoms with Crippen molar-refractivity contribution in [2.24, 2.45) is 5.73 Å². The fourth-order valence-electron chi connectivity index (χ4n) is 5.56. The average molecular weight is 829 g/mol. The summed E-state index contributed by atoms with van der Waals surface area (Å²) in [5, 5.41) is 30.9. The first-order valence-corrected chi connectivity index (χ1v) is 18.3. The van der Waals surface area contributed by atoms with Crippen molar-refractivity contribution >= 4 is 53.2 Å². The number of aliphatic hydroxyl groups excluding tert-OH is 2. The Morgan fingerprint density at radius 3 is 1.49 bits per heavy atom. The van der Waals surface area contributed by atoms with E-state index < -0.39 is 84.5 Å². The van der Waals surface area contributed by atoms with Crippen LogP contribution in [0.1, 0.15) is 57.6 Å². The van der Waals surface area contributed by atoms with Crippen molar-refractivity contribution in [1.29, 1.82) is 0 Å². The lowest BCUT2D eigenvalue weighted by Crippen LogP contribution is -2.58. The first-order chi connectivity index (χ1) is 27.8. The second kappa shape index (κ2) is 23.9. The van der Waals surface area contributed by atoms with Crippen molar-refractivity contribution in [2.45, 2.75) is 82.8 Å². The fourth-order valence-corrected chi connectivity index (χ4v) is 5.56. The minimum Gasteiger partial charge on any atom is -0.469 e. The summed E-state index contributed by atoms with van der Waals surface area (Å²) in [6.07, 6.45) is -4.39. The third kappa shape index (κ3) is 15.6. The van der Waals surface area contributed by atoms with Gasteiger partial charge >= 0.3 is 18.0 Å². The van der Waals surface area contributed by atoms with Gasteiger partial charge < -0.3 is 56.7 Å². The van der Waals surface area contributed by atoms with Crippen LogP contribution in [-0.2, 0) is 52.6 Å². The van der Waals surface area contributed by atoms with Gasteiger partial charge in [-0.15, -0.1) is 0 Å². The number of hydrogen-bond donors (Lipinski definition) is 8. The zero-order valence-electron chi connectivity index (χ0n) is 33.6. The lowest BCUT2D eigenvalue weighted by atomic mass is 9.98. The molecule has 322 valence electrons. The van der Waals surface area contributed by atoms with Crippen molar-refractivity contribution in [1.82, 2.24) is 26.6 Å². The smallest absolute Gasteiger partial charge is 0.407 e. The van der Waals surface area contributed by atoms with Gasteiger partial charge in [0.25, 0.3) is 0 Å². The number of rotatable bonds is 19. The molecule has 3 rings (SSSR count). The van der Waals surface area contributed by atoms with Crippen molar-refractivity contribution in [3.8, 4) is 11.1 Å². The van der Waals surface area contributed by atoms with Crippen LogP contribution in [0.4, 0.5) is 4.79 Å². The summed E-state index contributed by atoms with van der Waals surface area (Å²) in [5.74, 6) is -5.52. The predicted molar refractivity (Wildman–Crippen MR) is 208 cm³/mol. The average Bonchev–Trinajstić information content (AvgIpc) is 3.51. The number of benzene rings is 2. The molecule has 5 amide bonds. The molecular formula is C39H52N6O14. The molecule has 0 saturated carbocycles. The highest BCUT2D eigenvalue weighted by Crippen LogP contribution is 2.44. The quantitative estimate of drug-likeness (QED) is 0.0589. The highest BCUT2D eigenvalue weighted by Gasteiger charge is 2.33. The Morgan fingerprint density at radius 2 is 1.07 bits per heavy atom. The number of ketones is 2. The molecule has 0 aliphatic heterocycles. The summed E-state index contributed by atoms with van der Waals surface area (Å²) >= 11 is 0. The first-order valence-electron chi connectivity index (χ1n) is 18.3. The molecule has 1 aliphatic rings. The van der Waals surface area contributed by atoms with Crippen LogP contribution in [0.2, 0.25) is 0 Å². The Hall–Kier alpha value is -6.25. The second-order valence-electron chi connectivity index (χ2n) is 13.5. The predicted octanol–water partition coefficient (Wildman–Crippen LogP) is -1.52. The molecule has 20 heteroatoms. The number of nitrogens with two attached hydrogens (primary N) is 1. The normalized spacial score (nSPS) is 14.3. The van der Waals surface area contributed by atoms with Crippen molar-refractivity contribution in [3.05, 3.63) is 59.7 Å². The van der Waals surface area contributed by atoms with E-state index in [1.807, 2.05) is 48.5 Å². The third-order valence-corrected chi connectivity index (χ3v) is 8.65. The number of carbonyl (C=O) groups is 9. The Bertz CT molecular complexity index is 1810. The maximum atomic E-state index is 12.9. The number of hydrogen-bond acceptors (Lipinski definition) is 15. The lowest BCUT2D eigenvalue weighted by Gasteiger charge is -2.24. The molecule has 1 aliphatic carbocycles. The van der Waals surface area contributed by atoms with Crippen LogP contribution in [0.5, 0.6) is 0 Å². The lowest BCUT2D eigenvalue weighted by molar-refractivity contribution is -0.143. The van der Waals surface area contributed by atoms with Crippen LogP contribution < -0.4 is 32.3 Å². The number of amides is 5. The van der Waals surface area contributed by atoms with E-state index in [1.54, 1.807) is 0 Å². The number of fused-ring (bicyclic) bond motifs is 3. The van der Waals surface area contributed by atoms with Crippen molar-refractivity contribution in [3.63, 3.8) is 0 Å². The molecule has 0 spiro atoms. The number of carbonyl (C=O) groups excluding carboxylic acids is 9. The van der Waals surface area contributed by atoms with Crippen LogP contribution in [0.25, 0.3) is 11.1 Å². The number of methoxy groups -OCH3 is 2. The highest BCUT2D eigenvalue weighted by molar-refractivity contribution is 5.95. The van der Waals surface area contributed by atoms with Crippen LogP contribution >= 0.6 is 0 Å². The Labute approximate surface area is 340 Å². The summed E-state index contributed by atoms with van der Waals surface area (Å²) in [5.41, 5.74) is 9.58. The summed E-state index contributed by atoms with van der Waals surface area (Å²) in [6, 6.07) is 10.2. The van der Waals surface area contributed by atoms with Gasteiger partial charge in [-0.1, -0.05) is 48.5 Å². The van der Waals surface area contributed by atoms with Gasteiger partial charge in [-0.05, 0) is 49.9 Å². The van der Waals surface area contributed by atoms with Crippen LogP contribution in [0.3, 0.4) is 0 Å². The number of ether oxygens (including phenoxy) is 3. The Balaban J connectivity index is 0.000000486. The van der Waals surface area contributed by atoms with Crippen molar-refractivity contribution < 1.29 is 67.6 Å². The Kier molecular flexibility index (Phi) is 19.8. The number of alkyl carbamates (subject to hydrolysis) is 1. The summed E-state index contributed by atoms with van der Waals surface area (Å²) in [4.78, 5) is 106. The van der Waals surface area contributed by atoms with Gasteiger partial charge in [-0.25, -0.2) is 4.79 Å². The monoisotopic (exact) mass is 828 g/mol. The van der Waals surface area contributed by atoms with Gasteiger partial charge in [0.05, 0.1) is 58.4 Å². The van der Waals surface area contributed by atoms with E-state index in [1.165, 1.54) is 27.7 Å². The second-order valence-corrected chi connectivity index (χ2v) is 13.5.